The quantitative estimate of drug-likeness (QED) is 0.795. The molecule has 4 heteroatoms. The molecule has 1 aliphatic heterocycles. The van der Waals surface area contributed by atoms with Crippen molar-refractivity contribution in [3.63, 3.8) is 0 Å². The summed E-state index contributed by atoms with van der Waals surface area (Å²) in [5.41, 5.74) is 9.87. The van der Waals surface area contributed by atoms with Crippen LogP contribution in [0.5, 0.6) is 5.75 Å². The van der Waals surface area contributed by atoms with Crippen LogP contribution in [-0.4, -0.2) is 32.6 Å². The van der Waals surface area contributed by atoms with E-state index in [2.05, 4.69) is 22.5 Å². The lowest BCUT2D eigenvalue weighted by Gasteiger charge is -2.24. The lowest BCUT2D eigenvalue weighted by atomic mass is 10.0. The molecule has 0 saturated carbocycles. The van der Waals surface area contributed by atoms with E-state index in [4.69, 9.17) is 10.5 Å². The third-order valence-electron chi connectivity index (χ3n) is 2.96. The standard InChI is InChI=1S/C14H19N3O/c1-16-12-6-10(8-17(2)9-12)13-7-11(15)4-5-14(13)18-3/h4-8,16H,9,15H2,1-3H3. The summed E-state index contributed by atoms with van der Waals surface area (Å²) in [6.07, 6.45) is 4.22. The number of anilines is 1. The lowest BCUT2D eigenvalue weighted by Crippen LogP contribution is -2.24. The maximum Gasteiger partial charge on any atom is 0.126 e. The first-order valence-corrected chi connectivity index (χ1v) is 5.88. The number of allylic oxidation sites excluding steroid dienone is 2. The van der Waals surface area contributed by atoms with E-state index in [9.17, 15) is 0 Å². The Labute approximate surface area is 108 Å². The van der Waals surface area contributed by atoms with Gasteiger partial charge in [-0.15, -0.1) is 0 Å². The summed E-state index contributed by atoms with van der Waals surface area (Å²) >= 11 is 0. The maximum atomic E-state index is 5.86. The molecular weight excluding hydrogens is 226 g/mol. The van der Waals surface area contributed by atoms with Crippen molar-refractivity contribution in [3.8, 4) is 5.75 Å². The van der Waals surface area contributed by atoms with Crippen LogP contribution in [0.1, 0.15) is 5.56 Å². The molecule has 0 unspecified atom stereocenters. The smallest absolute Gasteiger partial charge is 0.126 e. The molecule has 0 saturated heterocycles. The van der Waals surface area contributed by atoms with Crippen LogP contribution in [0.4, 0.5) is 5.69 Å². The molecule has 1 aromatic carbocycles. The fraction of sp³-hybridized carbons (Fsp3) is 0.286. The molecule has 0 amide bonds. The van der Waals surface area contributed by atoms with E-state index in [0.29, 0.717) is 0 Å². The van der Waals surface area contributed by atoms with Crippen molar-refractivity contribution >= 4 is 11.3 Å². The number of rotatable bonds is 3. The van der Waals surface area contributed by atoms with Crippen LogP contribution in [-0.2, 0) is 0 Å². The highest BCUT2D eigenvalue weighted by molar-refractivity contribution is 5.80. The summed E-state index contributed by atoms with van der Waals surface area (Å²) in [4.78, 5) is 2.13. The molecule has 0 aromatic heterocycles. The van der Waals surface area contributed by atoms with Gasteiger partial charge in [0.25, 0.3) is 0 Å². The molecule has 3 N–H and O–H groups in total. The van der Waals surface area contributed by atoms with Gasteiger partial charge in [-0.1, -0.05) is 0 Å². The third-order valence-corrected chi connectivity index (χ3v) is 2.96. The first kappa shape index (κ1) is 12.4. The zero-order chi connectivity index (χ0) is 13.1. The predicted octanol–water partition coefficient (Wildman–Crippen LogP) is 1.67. The van der Waals surface area contributed by atoms with Crippen molar-refractivity contribution in [3.05, 3.63) is 41.7 Å². The number of hydrogen-bond donors (Lipinski definition) is 2. The second-order valence-corrected chi connectivity index (χ2v) is 4.38. The number of likely N-dealkylation sites (N-methyl/N-ethyl adjacent to an activating group) is 2. The minimum atomic E-state index is 0.735. The van der Waals surface area contributed by atoms with Crippen LogP contribution in [0.15, 0.2) is 36.2 Å². The van der Waals surface area contributed by atoms with Gasteiger partial charge in [-0.2, -0.15) is 0 Å². The van der Waals surface area contributed by atoms with Crippen molar-refractivity contribution < 1.29 is 4.74 Å². The van der Waals surface area contributed by atoms with E-state index in [1.165, 1.54) is 5.70 Å². The van der Waals surface area contributed by atoms with Crippen molar-refractivity contribution in [1.82, 2.24) is 10.2 Å². The zero-order valence-corrected chi connectivity index (χ0v) is 11.0. The minimum Gasteiger partial charge on any atom is -0.496 e. The predicted molar refractivity (Wildman–Crippen MR) is 75.2 cm³/mol. The van der Waals surface area contributed by atoms with E-state index in [1.54, 1.807) is 7.11 Å². The number of nitrogens with two attached hydrogens (primary N) is 1. The monoisotopic (exact) mass is 245 g/mol. The highest BCUT2D eigenvalue weighted by Crippen LogP contribution is 2.31. The molecule has 1 aliphatic rings. The SMILES string of the molecule is CNC1=CC(c2cc(N)ccc2OC)=CN(C)C1. The number of methoxy groups -OCH3 is 1. The van der Waals surface area contributed by atoms with Gasteiger partial charge < -0.3 is 20.7 Å². The van der Waals surface area contributed by atoms with Crippen LogP contribution < -0.4 is 15.8 Å². The van der Waals surface area contributed by atoms with Gasteiger partial charge in [0.15, 0.2) is 0 Å². The minimum absolute atomic E-state index is 0.735. The molecule has 0 spiro atoms. The zero-order valence-electron chi connectivity index (χ0n) is 11.0. The van der Waals surface area contributed by atoms with Crippen LogP contribution in [0, 0.1) is 0 Å². The number of nitrogens with zero attached hydrogens (tertiary/aromatic N) is 1. The Bertz CT molecular complexity index is 506. The highest BCUT2D eigenvalue weighted by Gasteiger charge is 2.13. The summed E-state index contributed by atoms with van der Waals surface area (Å²) in [5, 5.41) is 3.19. The second kappa shape index (κ2) is 5.04. The molecule has 4 nitrogen and oxygen atoms in total. The van der Waals surface area contributed by atoms with Crippen LogP contribution >= 0.6 is 0 Å². The fourth-order valence-corrected chi connectivity index (χ4v) is 2.07. The number of benzene rings is 1. The summed E-state index contributed by atoms with van der Waals surface area (Å²) in [6.45, 7) is 0.880. The van der Waals surface area contributed by atoms with Gasteiger partial charge in [0.05, 0.1) is 13.7 Å². The molecule has 0 aliphatic carbocycles. The highest BCUT2D eigenvalue weighted by atomic mass is 16.5. The number of nitrogens with one attached hydrogen (secondary N) is 1. The molecule has 0 atom stereocenters. The number of nitrogen functional groups attached to an aromatic ring is 1. The molecule has 0 fully saturated rings. The van der Waals surface area contributed by atoms with Gasteiger partial charge in [-0.05, 0) is 24.3 Å². The summed E-state index contributed by atoms with van der Waals surface area (Å²) < 4.78 is 5.39. The summed E-state index contributed by atoms with van der Waals surface area (Å²) in [5.74, 6) is 0.831. The molecular formula is C14H19N3O. The first-order chi connectivity index (χ1) is 8.63. The van der Waals surface area contributed by atoms with Gasteiger partial charge in [-0.3, -0.25) is 0 Å². The Hall–Kier alpha value is -2.10. The van der Waals surface area contributed by atoms with Gasteiger partial charge >= 0.3 is 0 Å². The Morgan fingerprint density at radius 1 is 1.39 bits per heavy atom. The molecule has 2 rings (SSSR count). The van der Waals surface area contributed by atoms with Gasteiger partial charge in [0, 0.05) is 42.8 Å². The van der Waals surface area contributed by atoms with E-state index in [-0.39, 0.29) is 0 Å². The fourth-order valence-electron chi connectivity index (χ4n) is 2.07. The van der Waals surface area contributed by atoms with E-state index in [1.807, 2.05) is 32.3 Å². The van der Waals surface area contributed by atoms with Gasteiger partial charge in [-0.25, -0.2) is 0 Å². The number of ether oxygens (including phenoxy) is 1. The molecule has 0 bridgehead atoms. The van der Waals surface area contributed by atoms with Gasteiger partial charge in [0.1, 0.15) is 5.75 Å². The molecule has 0 radical (unpaired) electrons. The Morgan fingerprint density at radius 3 is 2.83 bits per heavy atom. The topological polar surface area (TPSA) is 50.5 Å². The maximum absolute atomic E-state index is 5.86. The van der Waals surface area contributed by atoms with Crippen LogP contribution in [0.25, 0.3) is 5.57 Å². The molecule has 96 valence electrons. The second-order valence-electron chi connectivity index (χ2n) is 4.38. The normalized spacial score (nSPS) is 14.9. The average molecular weight is 245 g/mol. The van der Waals surface area contributed by atoms with Crippen molar-refractivity contribution in [1.29, 1.82) is 0 Å². The lowest BCUT2D eigenvalue weighted by molar-refractivity contribution is 0.413. The first-order valence-electron chi connectivity index (χ1n) is 5.88. The molecule has 18 heavy (non-hydrogen) atoms. The Kier molecular flexibility index (Phi) is 3.46. The van der Waals surface area contributed by atoms with Crippen LogP contribution in [0.2, 0.25) is 0 Å². The average Bonchev–Trinajstić information content (AvgIpc) is 2.38. The summed E-state index contributed by atoms with van der Waals surface area (Å²) in [7, 11) is 5.65. The van der Waals surface area contributed by atoms with Crippen LogP contribution in [0.3, 0.4) is 0 Å². The Balaban J connectivity index is 2.47. The van der Waals surface area contributed by atoms with E-state index < -0.39 is 0 Å². The van der Waals surface area contributed by atoms with E-state index >= 15 is 0 Å². The van der Waals surface area contributed by atoms with Crippen molar-refractivity contribution in [2.75, 3.05) is 33.5 Å². The van der Waals surface area contributed by atoms with Crippen molar-refractivity contribution in [2.24, 2.45) is 0 Å². The number of hydrogen-bond acceptors (Lipinski definition) is 4. The Morgan fingerprint density at radius 2 is 2.17 bits per heavy atom. The van der Waals surface area contributed by atoms with Crippen molar-refractivity contribution in [2.45, 2.75) is 0 Å². The van der Waals surface area contributed by atoms with E-state index in [0.717, 1.165) is 29.1 Å². The third kappa shape index (κ3) is 2.42. The van der Waals surface area contributed by atoms with Gasteiger partial charge in [0.2, 0.25) is 0 Å². The summed E-state index contributed by atoms with van der Waals surface area (Å²) in [6, 6.07) is 5.68. The molecule has 1 heterocycles. The largest absolute Gasteiger partial charge is 0.496 e. The molecule has 1 aromatic rings.